The van der Waals surface area contributed by atoms with Gasteiger partial charge < -0.3 is 35.4 Å². The summed E-state index contributed by atoms with van der Waals surface area (Å²) in [5, 5.41) is 25.0. The molecule has 0 saturated heterocycles. The van der Waals surface area contributed by atoms with Gasteiger partial charge in [-0.1, -0.05) is 12.1 Å². The van der Waals surface area contributed by atoms with Crippen molar-refractivity contribution < 1.29 is 34.4 Å². The molecule has 0 saturated carbocycles. The van der Waals surface area contributed by atoms with Crippen molar-refractivity contribution in [2.75, 3.05) is 19.8 Å². The highest BCUT2D eigenvalue weighted by Crippen LogP contribution is 2.41. The molecule has 1 rings (SSSR count). The van der Waals surface area contributed by atoms with Crippen LogP contribution in [0.1, 0.15) is 0 Å². The molecule has 0 aliphatic heterocycles. The van der Waals surface area contributed by atoms with Crippen molar-refractivity contribution in [1.29, 1.82) is 0 Å². The van der Waals surface area contributed by atoms with Gasteiger partial charge in [-0.15, -0.1) is 0 Å². The number of para-hydroxylation sites is 2. The normalized spacial score (nSPS) is 11.0. The van der Waals surface area contributed by atoms with E-state index in [2.05, 4.69) is 21.3 Å². The number of aliphatic hydroxyl groups excluding tert-OH is 3. The molecule has 0 fully saturated rings. The lowest BCUT2D eigenvalue weighted by atomic mass is 10.1. The molecule has 0 spiro atoms. The van der Waals surface area contributed by atoms with E-state index in [0.717, 1.165) is 0 Å². The Kier molecular flexibility index (Phi) is 9.22. The van der Waals surface area contributed by atoms with Gasteiger partial charge >= 0.3 is 6.72 Å². The van der Waals surface area contributed by atoms with Crippen LogP contribution >= 0.6 is 6.72 Å². The van der Waals surface area contributed by atoms with E-state index in [0.29, 0.717) is 0 Å². The molecule has 0 aliphatic carbocycles. The fraction of sp³-hybridized carbons (Fsp3) is 0.364. The van der Waals surface area contributed by atoms with Crippen molar-refractivity contribution >= 4 is 30.3 Å². The molecule has 0 heterocycles. The molecular weight excluding hydrogens is 335 g/mol. The van der Waals surface area contributed by atoms with Crippen LogP contribution in [0.4, 0.5) is 5.69 Å². The lowest BCUT2D eigenvalue weighted by Gasteiger charge is -2.20. The summed E-state index contributed by atoms with van der Waals surface area (Å²) in [6.45, 7) is -5.00. The first-order chi connectivity index (χ1) is 10.2. The molecule has 1 aromatic carbocycles. The van der Waals surface area contributed by atoms with Crippen LogP contribution < -0.4 is 10.3 Å². The smallest absolute Gasteiger partial charge is 0.375 e. The molecule has 1 aromatic rings. The zero-order valence-corrected chi connectivity index (χ0v) is 13.1. The van der Waals surface area contributed by atoms with Crippen LogP contribution in [-0.2, 0) is 16.6 Å². The molecule has 124 valence electrons. The minimum atomic E-state index is -3.79. The van der Waals surface area contributed by atoms with Crippen molar-refractivity contribution in [1.82, 2.24) is 0 Å². The van der Waals surface area contributed by atoms with Crippen molar-refractivity contribution in [3.63, 3.8) is 0 Å². The first-order valence-electron chi connectivity index (χ1n) is 5.75. The van der Waals surface area contributed by atoms with E-state index in [-0.39, 0.29) is 11.4 Å². The summed E-state index contributed by atoms with van der Waals surface area (Å²) in [6.07, 6.45) is 1.32. The third-order valence-corrected chi connectivity index (χ3v) is 2.85. The number of carbonyl (C=O) groups excluding carboxylic acids is 1. The Labute approximate surface area is 131 Å². The highest BCUT2D eigenvalue weighted by molar-refractivity contribution is 8.06. The van der Waals surface area contributed by atoms with Crippen molar-refractivity contribution in [2.45, 2.75) is 5.54 Å². The largest absolute Gasteiger partial charge is 0.422 e. The van der Waals surface area contributed by atoms with E-state index in [4.69, 9.17) is 30.8 Å². The number of hydrogen-bond donors (Lipinski definition) is 6. The molecule has 9 nitrogen and oxygen atoms in total. The molecule has 0 aliphatic rings. The number of isocyanates is 1. The van der Waals surface area contributed by atoms with Crippen LogP contribution in [0, 0.1) is 0 Å². The van der Waals surface area contributed by atoms with Crippen LogP contribution in [0.15, 0.2) is 29.3 Å². The second-order valence-corrected chi connectivity index (χ2v) is 6.68. The molecule has 0 bridgehead atoms. The quantitative estimate of drug-likeness (QED) is 0.212. The van der Waals surface area contributed by atoms with Gasteiger partial charge in [0.05, 0.1) is 25.4 Å². The summed E-state index contributed by atoms with van der Waals surface area (Å²) in [5.41, 5.74) is 4.09. The Morgan fingerprint density at radius 1 is 1.23 bits per heavy atom. The highest BCUT2D eigenvalue weighted by Gasteiger charge is 2.20. The standard InChI is InChI=1S/C7H6NO4PS.C4H11NO3/c9-5-8-6-3-1-2-4-7(6)12-13(10,11)14;5-4(1-6,2-7)3-8/h1-4H,(H2,10,11,14);6-8H,1-3,5H2. The van der Waals surface area contributed by atoms with E-state index in [9.17, 15) is 4.79 Å². The van der Waals surface area contributed by atoms with E-state index >= 15 is 0 Å². The maximum atomic E-state index is 10.0. The number of hydrogen-bond acceptors (Lipinski definition) is 8. The summed E-state index contributed by atoms with van der Waals surface area (Å²) >= 11 is 4.27. The van der Waals surface area contributed by atoms with Gasteiger partial charge in [-0.05, 0) is 12.1 Å². The summed E-state index contributed by atoms with van der Waals surface area (Å²) in [4.78, 5) is 31.1. The summed E-state index contributed by atoms with van der Waals surface area (Å²) in [6, 6.07) is 6.08. The van der Waals surface area contributed by atoms with Crippen LogP contribution in [-0.4, -0.2) is 56.5 Å². The average Bonchev–Trinajstić information content (AvgIpc) is 2.48. The van der Waals surface area contributed by atoms with Gasteiger partial charge in [0.2, 0.25) is 6.08 Å². The number of nitrogens with zero attached hydrogens (tertiary/aromatic N) is 1. The molecule has 0 atom stereocenters. The molecule has 0 amide bonds. The van der Waals surface area contributed by atoms with E-state index in [1.807, 2.05) is 0 Å². The van der Waals surface area contributed by atoms with Crippen LogP contribution in [0.5, 0.6) is 5.75 Å². The van der Waals surface area contributed by atoms with Gasteiger partial charge in [-0.25, -0.2) is 4.79 Å². The number of benzene rings is 1. The van der Waals surface area contributed by atoms with E-state index < -0.39 is 32.1 Å². The molecule has 0 aromatic heterocycles. The Bertz CT molecular complexity index is 547. The van der Waals surface area contributed by atoms with Crippen molar-refractivity contribution in [2.24, 2.45) is 10.7 Å². The second kappa shape index (κ2) is 9.75. The second-order valence-electron chi connectivity index (χ2n) is 4.09. The Morgan fingerprint density at radius 3 is 2.09 bits per heavy atom. The molecule has 22 heavy (non-hydrogen) atoms. The first kappa shape index (κ1) is 20.8. The number of rotatable bonds is 6. The number of aliphatic imine (C=N–C) groups is 1. The molecule has 0 radical (unpaired) electrons. The Balaban J connectivity index is 0.000000472. The maximum absolute atomic E-state index is 10.0. The third kappa shape index (κ3) is 8.30. The average molecular weight is 352 g/mol. The topological polar surface area (TPSA) is 166 Å². The van der Waals surface area contributed by atoms with Gasteiger partial charge in [-0.2, -0.15) is 4.99 Å². The molecule has 7 N–H and O–H groups in total. The molecule has 0 unspecified atom stereocenters. The summed E-state index contributed by atoms with van der Waals surface area (Å²) in [7, 11) is 0. The third-order valence-electron chi connectivity index (χ3n) is 2.19. The minimum Gasteiger partial charge on any atom is -0.422 e. The summed E-state index contributed by atoms with van der Waals surface area (Å²) < 4.78 is 4.65. The lowest BCUT2D eigenvalue weighted by molar-refractivity contribution is 0.0697. The Morgan fingerprint density at radius 2 is 1.73 bits per heavy atom. The van der Waals surface area contributed by atoms with Crippen LogP contribution in [0.2, 0.25) is 0 Å². The molecule has 11 heteroatoms. The maximum Gasteiger partial charge on any atom is 0.375 e. The number of nitrogens with two attached hydrogens (primary N) is 1. The minimum absolute atomic E-state index is 0.0455. The monoisotopic (exact) mass is 352 g/mol. The predicted octanol–water partition coefficient (Wildman–Crippen LogP) is -1.10. The number of aliphatic hydroxyl groups is 3. The van der Waals surface area contributed by atoms with E-state index in [1.54, 1.807) is 12.1 Å². The zero-order valence-electron chi connectivity index (χ0n) is 11.4. The fourth-order valence-electron chi connectivity index (χ4n) is 0.954. The van der Waals surface area contributed by atoms with Gasteiger partial charge in [-0.3, -0.25) is 0 Å². The van der Waals surface area contributed by atoms with Crippen LogP contribution in [0.3, 0.4) is 0 Å². The first-order valence-corrected chi connectivity index (χ1v) is 8.37. The van der Waals surface area contributed by atoms with E-state index in [1.165, 1.54) is 18.2 Å². The van der Waals surface area contributed by atoms with Gasteiger partial charge in [0.25, 0.3) is 0 Å². The summed E-state index contributed by atoms with van der Waals surface area (Å²) in [5.74, 6) is 0.0455. The van der Waals surface area contributed by atoms with Gasteiger partial charge in [0.15, 0.2) is 5.75 Å². The van der Waals surface area contributed by atoms with Crippen LogP contribution in [0.25, 0.3) is 0 Å². The highest BCUT2D eigenvalue weighted by atomic mass is 32.5. The fourth-order valence-corrected chi connectivity index (χ4v) is 1.61. The lowest BCUT2D eigenvalue weighted by Crippen LogP contribution is -2.50. The predicted molar refractivity (Wildman–Crippen MR) is 81.7 cm³/mol. The van der Waals surface area contributed by atoms with Gasteiger partial charge in [0, 0.05) is 11.8 Å². The SMILES string of the molecule is NC(CO)(CO)CO.O=C=Nc1ccccc1OP(O)(O)=S. The van der Waals surface area contributed by atoms with Crippen molar-refractivity contribution in [3.05, 3.63) is 24.3 Å². The zero-order chi connectivity index (χ0) is 17.2. The van der Waals surface area contributed by atoms with Gasteiger partial charge in [0.1, 0.15) is 5.69 Å². The van der Waals surface area contributed by atoms with Crippen molar-refractivity contribution in [3.8, 4) is 5.75 Å². The Hall–Kier alpha value is -1.19. The molecular formula is C11H17N2O7PS.